The summed E-state index contributed by atoms with van der Waals surface area (Å²) in [4.78, 5) is 12.3. The highest BCUT2D eigenvalue weighted by Crippen LogP contribution is 2.23. The van der Waals surface area contributed by atoms with Gasteiger partial charge in [-0.05, 0) is 67.6 Å². The van der Waals surface area contributed by atoms with Gasteiger partial charge < -0.3 is 10.1 Å². The molecular formula is C22H18BrNO2. The number of hydrogen-bond donors (Lipinski definition) is 1. The molecule has 3 aromatic carbocycles. The van der Waals surface area contributed by atoms with Crippen molar-refractivity contribution in [3.63, 3.8) is 0 Å². The van der Waals surface area contributed by atoms with Gasteiger partial charge in [-0.2, -0.15) is 0 Å². The number of ether oxygens (including phenoxy) is 1. The Kier molecular flexibility index (Phi) is 5.87. The molecule has 0 aliphatic heterocycles. The molecule has 26 heavy (non-hydrogen) atoms. The molecule has 0 aromatic heterocycles. The number of allylic oxidation sites excluding steroid dienone is 2. The Hall–Kier alpha value is -2.85. The van der Waals surface area contributed by atoms with E-state index in [0.717, 1.165) is 27.4 Å². The molecule has 0 saturated heterocycles. The fourth-order valence-corrected chi connectivity index (χ4v) is 2.65. The lowest BCUT2D eigenvalue weighted by molar-refractivity contribution is 0.104. The van der Waals surface area contributed by atoms with E-state index in [1.54, 1.807) is 18.2 Å². The van der Waals surface area contributed by atoms with Crippen LogP contribution in [-0.2, 0) is 0 Å². The van der Waals surface area contributed by atoms with Crippen LogP contribution in [0.2, 0.25) is 0 Å². The van der Waals surface area contributed by atoms with Gasteiger partial charge in [-0.15, -0.1) is 0 Å². The normalized spacial score (nSPS) is 11.1. The van der Waals surface area contributed by atoms with E-state index in [-0.39, 0.29) is 5.78 Å². The lowest BCUT2D eigenvalue weighted by Gasteiger charge is -2.09. The molecule has 0 fully saturated rings. The zero-order valence-electron chi connectivity index (χ0n) is 14.3. The number of ketones is 1. The van der Waals surface area contributed by atoms with E-state index in [0.29, 0.717) is 5.56 Å². The number of hydrogen-bond acceptors (Lipinski definition) is 3. The first-order chi connectivity index (χ1) is 12.6. The van der Waals surface area contributed by atoms with Crippen molar-refractivity contribution in [2.75, 3.05) is 5.32 Å². The maximum Gasteiger partial charge on any atom is 0.187 e. The van der Waals surface area contributed by atoms with Gasteiger partial charge in [0, 0.05) is 27.5 Å². The minimum atomic E-state index is -0.0356. The summed E-state index contributed by atoms with van der Waals surface area (Å²) in [5.41, 5.74) is 2.32. The fraction of sp³-hybridized carbons (Fsp3) is 0.0455. The summed E-state index contributed by atoms with van der Waals surface area (Å²) >= 11 is 3.37. The van der Waals surface area contributed by atoms with Gasteiger partial charge in [0.2, 0.25) is 0 Å². The number of carbonyl (C=O) groups is 1. The molecule has 0 unspecified atom stereocenters. The van der Waals surface area contributed by atoms with Crippen LogP contribution in [0.4, 0.5) is 5.69 Å². The Balaban J connectivity index is 1.62. The predicted octanol–water partition coefficient (Wildman–Crippen LogP) is 6.44. The topological polar surface area (TPSA) is 38.3 Å². The molecule has 3 nitrogen and oxygen atoms in total. The van der Waals surface area contributed by atoms with E-state index in [4.69, 9.17) is 4.74 Å². The van der Waals surface area contributed by atoms with Crippen molar-refractivity contribution < 1.29 is 9.53 Å². The molecule has 0 atom stereocenters. The lowest BCUT2D eigenvalue weighted by atomic mass is 10.1. The molecule has 0 saturated carbocycles. The number of anilines is 1. The highest BCUT2D eigenvalue weighted by Gasteiger charge is 2.04. The van der Waals surface area contributed by atoms with Gasteiger partial charge in [0.05, 0.1) is 0 Å². The molecule has 0 aliphatic carbocycles. The average molecular weight is 408 g/mol. The summed E-state index contributed by atoms with van der Waals surface area (Å²) < 4.78 is 6.72. The van der Waals surface area contributed by atoms with Gasteiger partial charge in [0.25, 0.3) is 0 Å². The number of rotatable bonds is 6. The third kappa shape index (κ3) is 5.07. The van der Waals surface area contributed by atoms with Crippen molar-refractivity contribution in [1.29, 1.82) is 0 Å². The van der Waals surface area contributed by atoms with Gasteiger partial charge in [0.1, 0.15) is 11.5 Å². The number of benzene rings is 3. The zero-order valence-corrected chi connectivity index (χ0v) is 15.9. The second kappa shape index (κ2) is 8.50. The van der Waals surface area contributed by atoms with Crippen molar-refractivity contribution in [3.8, 4) is 11.5 Å². The summed E-state index contributed by atoms with van der Waals surface area (Å²) in [6.07, 6.45) is 1.59. The SMILES string of the molecule is C/C(=C\C(=O)c1ccc(Br)cc1)Nc1ccc(Oc2ccccc2)cc1. The molecular weight excluding hydrogens is 390 g/mol. The smallest absolute Gasteiger partial charge is 0.187 e. The van der Waals surface area contributed by atoms with E-state index in [1.165, 1.54) is 0 Å². The predicted molar refractivity (Wildman–Crippen MR) is 109 cm³/mol. The van der Waals surface area contributed by atoms with Crippen LogP contribution in [0.3, 0.4) is 0 Å². The highest BCUT2D eigenvalue weighted by atomic mass is 79.9. The van der Waals surface area contributed by atoms with Crippen LogP contribution in [0, 0.1) is 0 Å². The Morgan fingerprint density at radius 1 is 0.885 bits per heavy atom. The number of nitrogens with one attached hydrogen (secondary N) is 1. The molecule has 3 aromatic rings. The molecule has 130 valence electrons. The Morgan fingerprint density at radius 2 is 1.50 bits per heavy atom. The summed E-state index contributed by atoms with van der Waals surface area (Å²) in [5.74, 6) is 1.52. The molecule has 0 aliphatic rings. The standard InChI is InChI=1S/C22H18BrNO2/c1-16(15-22(25)17-7-9-18(23)10-8-17)24-19-11-13-21(14-12-19)26-20-5-3-2-4-6-20/h2-15,24H,1H3/b16-15+. The van der Waals surface area contributed by atoms with Gasteiger partial charge in [-0.1, -0.05) is 34.1 Å². The second-order valence-corrected chi connectivity index (χ2v) is 6.68. The Morgan fingerprint density at radius 3 is 2.15 bits per heavy atom. The molecule has 4 heteroatoms. The second-order valence-electron chi connectivity index (χ2n) is 5.76. The lowest BCUT2D eigenvalue weighted by Crippen LogP contribution is -2.01. The van der Waals surface area contributed by atoms with Crippen molar-refractivity contribution >= 4 is 27.4 Å². The molecule has 0 heterocycles. The number of para-hydroxylation sites is 1. The van der Waals surface area contributed by atoms with Gasteiger partial charge in [-0.3, -0.25) is 4.79 Å². The average Bonchev–Trinajstić information content (AvgIpc) is 2.64. The molecule has 0 bridgehead atoms. The molecule has 0 radical (unpaired) electrons. The molecule has 0 amide bonds. The third-order valence-corrected chi connectivity index (χ3v) is 4.18. The molecule has 0 spiro atoms. The third-order valence-electron chi connectivity index (χ3n) is 3.65. The van der Waals surface area contributed by atoms with Crippen molar-refractivity contribution in [1.82, 2.24) is 0 Å². The first kappa shape index (κ1) is 18.0. The van der Waals surface area contributed by atoms with Crippen LogP contribution in [0.25, 0.3) is 0 Å². The van der Waals surface area contributed by atoms with Crippen LogP contribution < -0.4 is 10.1 Å². The maximum atomic E-state index is 12.3. The monoisotopic (exact) mass is 407 g/mol. The highest BCUT2D eigenvalue weighted by molar-refractivity contribution is 9.10. The number of carbonyl (C=O) groups excluding carboxylic acids is 1. The fourth-order valence-electron chi connectivity index (χ4n) is 2.39. The van der Waals surface area contributed by atoms with Crippen LogP contribution in [0.5, 0.6) is 11.5 Å². The molecule has 1 N–H and O–H groups in total. The van der Waals surface area contributed by atoms with Crippen molar-refractivity contribution in [2.24, 2.45) is 0 Å². The minimum absolute atomic E-state index is 0.0356. The maximum absolute atomic E-state index is 12.3. The van der Waals surface area contributed by atoms with E-state index in [2.05, 4.69) is 21.2 Å². The largest absolute Gasteiger partial charge is 0.457 e. The van der Waals surface area contributed by atoms with Crippen molar-refractivity contribution in [3.05, 3.63) is 101 Å². The summed E-state index contributed by atoms with van der Waals surface area (Å²) in [6.45, 7) is 1.87. The van der Waals surface area contributed by atoms with Crippen LogP contribution in [-0.4, -0.2) is 5.78 Å². The molecule has 3 rings (SSSR count). The van der Waals surface area contributed by atoms with Crippen LogP contribution >= 0.6 is 15.9 Å². The summed E-state index contributed by atoms with van der Waals surface area (Å²) in [6, 6.07) is 24.5. The first-order valence-electron chi connectivity index (χ1n) is 8.18. The van der Waals surface area contributed by atoms with E-state index >= 15 is 0 Å². The van der Waals surface area contributed by atoms with Crippen LogP contribution in [0.15, 0.2) is 95.1 Å². The van der Waals surface area contributed by atoms with Gasteiger partial charge in [-0.25, -0.2) is 0 Å². The quantitative estimate of drug-likeness (QED) is 0.377. The van der Waals surface area contributed by atoms with E-state index < -0.39 is 0 Å². The summed E-state index contributed by atoms with van der Waals surface area (Å²) in [5, 5.41) is 3.22. The minimum Gasteiger partial charge on any atom is -0.457 e. The Labute approximate surface area is 161 Å². The number of halogens is 1. The zero-order chi connectivity index (χ0) is 18.4. The van der Waals surface area contributed by atoms with Gasteiger partial charge in [0.15, 0.2) is 5.78 Å². The van der Waals surface area contributed by atoms with Gasteiger partial charge >= 0.3 is 0 Å². The van der Waals surface area contributed by atoms with E-state index in [1.807, 2.05) is 73.7 Å². The Bertz CT molecular complexity index is 901. The van der Waals surface area contributed by atoms with E-state index in [9.17, 15) is 4.79 Å². The van der Waals surface area contributed by atoms with Crippen LogP contribution in [0.1, 0.15) is 17.3 Å². The summed E-state index contributed by atoms with van der Waals surface area (Å²) in [7, 11) is 0. The van der Waals surface area contributed by atoms with Crippen molar-refractivity contribution in [2.45, 2.75) is 6.92 Å². The first-order valence-corrected chi connectivity index (χ1v) is 8.98.